The minimum absolute atomic E-state index is 0.429. The van der Waals surface area contributed by atoms with Gasteiger partial charge in [0.25, 0.3) is 0 Å². The molecule has 4 rings (SSSR count). The van der Waals surface area contributed by atoms with Crippen molar-refractivity contribution in [2.45, 2.75) is 25.7 Å². The average Bonchev–Trinajstić information content (AvgIpc) is 2.70. The first kappa shape index (κ1) is 16.5. The Morgan fingerprint density at radius 2 is 0.962 bits per heavy atom. The first-order chi connectivity index (χ1) is 12.7. The molecule has 128 valence electrons. The number of benzene rings is 3. The van der Waals surface area contributed by atoms with Crippen LogP contribution in [-0.4, -0.2) is 11.6 Å². The SMILES string of the molecule is O=C1C(=O)c2cccc(c2)CCc2ccccc2CCc2cccc1c2. The highest BCUT2D eigenvalue weighted by molar-refractivity contribution is 6.49. The van der Waals surface area contributed by atoms with Crippen LogP contribution >= 0.6 is 0 Å². The van der Waals surface area contributed by atoms with E-state index in [1.54, 1.807) is 12.1 Å². The van der Waals surface area contributed by atoms with Crippen molar-refractivity contribution in [2.24, 2.45) is 0 Å². The third-order valence-electron chi connectivity index (χ3n) is 5.07. The molecule has 3 aromatic carbocycles. The van der Waals surface area contributed by atoms with Crippen LogP contribution in [0.15, 0.2) is 72.8 Å². The van der Waals surface area contributed by atoms with Gasteiger partial charge in [-0.3, -0.25) is 9.59 Å². The zero-order chi connectivity index (χ0) is 17.9. The number of carbonyl (C=O) groups excluding carboxylic acids is 2. The van der Waals surface area contributed by atoms with E-state index in [-0.39, 0.29) is 0 Å². The van der Waals surface area contributed by atoms with Gasteiger partial charge in [-0.15, -0.1) is 0 Å². The lowest BCUT2D eigenvalue weighted by Crippen LogP contribution is -2.15. The molecule has 1 aliphatic carbocycles. The molecule has 0 saturated carbocycles. The van der Waals surface area contributed by atoms with Crippen LogP contribution in [0.5, 0.6) is 0 Å². The molecule has 0 N–H and O–H groups in total. The van der Waals surface area contributed by atoms with Crippen LogP contribution in [0.1, 0.15) is 43.0 Å². The van der Waals surface area contributed by atoms with Crippen LogP contribution in [0.25, 0.3) is 0 Å². The van der Waals surface area contributed by atoms with Crippen molar-refractivity contribution < 1.29 is 9.59 Å². The standard InChI is InChI=1S/C24H20O2/c25-23-21-9-3-5-17(15-21)11-13-19-7-1-2-8-20(19)14-12-18-6-4-10-22(16-18)24(23)26/h1-10,15-16H,11-14H2. The fourth-order valence-corrected chi connectivity index (χ4v) is 3.60. The molecule has 2 nitrogen and oxygen atoms in total. The number of fused-ring (bicyclic) bond motifs is 5. The van der Waals surface area contributed by atoms with Gasteiger partial charge in [-0.05, 0) is 60.1 Å². The van der Waals surface area contributed by atoms with Gasteiger partial charge in [0, 0.05) is 11.1 Å². The minimum Gasteiger partial charge on any atom is -0.285 e. The van der Waals surface area contributed by atoms with Crippen molar-refractivity contribution >= 4 is 11.6 Å². The maximum absolute atomic E-state index is 12.6. The Kier molecular flexibility index (Phi) is 4.49. The van der Waals surface area contributed by atoms with E-state index in [4.69, 9.17) is 0 Å². The van der Waals surface area contributed by atoms with Crippen LogP contribution < -0.4 is 0 Å². The summed E-state index contributed by atoms with van der Waals surface area (Å²) in [6, 6.07) is 23.5. The Hall–Kier alpha value is -3.00. The van der Waals surface area contributed by atoms with Gasteiger partial charge in [0.15, 0.2) is 0 Å². The van der Waals surface area contributed by atoms with Crippen molar-refractivity contribution in [1.29, 1.82) is 0 Å². The van der Waals surface area contributed by atoms with Crippen LogP contribution in [-0.2, 0) is 25.7 Å². The smallest absolute Gasteiger partial charge is 0.233 e. The second kappa shape index (κ2) is 7.09. The van der Waals surface area contributed by atoms with E-state index in [2.05, 4.69) is 24.3 Å². The van der Waals surface area contributed by atoms with Crippen molar-refractivity contribution in [2.75, 3.05) is 0 Å². The molecule has 1 aliphatic rings. The van der Waals surface area contributed by atoms with E-state index in [1.165, 1.54) is 11.1 Å². The largest absolute Gasteiger partial charge is 0.285 e. The molecule has 4 bridgehead atoms. The number of aryl methyl sites for hydroxylation is 4. The number of ketones is 2. The molecule has 3 aromatic rings. The quantitative estimate of drug-likeness (QED) is 0.559. The maximum atomic E-state index is 12.6. The van der Waals surface area contributed by atoms with Crippen molar-refractivity contribution in [3.05, 3.63) is 106 Å². The van der Waals surface area contributed by atoms with E-state index < -0.39 is 11.6 Å². The van der Waals surface area contributed by atoms with Gasteiger partial charge < -0.3 is 0 Å². The summed E-state index contributed by atoms with van der Waals surface area (Å²) in [4.78, 5) is 25.3. The van der Waals surface area contributed by atoms with E-state index in [1.807, 2.05) is 36.4 Å². The molecule has 0 fully saturated rings. The van der Waals surface area contributed by atoms with Gasteiger partial charge in [-0.25, -0.2) is 0 Å². The second-order valence-electron chi connectivity index (χ2n) is 6.83. The highest BCUT2D eigenvalue weighted by Crippen LogP contribution is 2.19. The predicted molar refractivity (Wildman–Crippen MR) is 103 cm³/mol. The number of carbonyl (C=O) groups is 2. The molecule has 2 heteroatoms. The van der Waals surface area contributed by atoms with Gasteiger partial charge in [0.1, 0.15) is 0 Å². The summed E-state index contributed by atoms with van der Waals surface area (Å²) in [6.45, 7) is 0. The molecular weight excluding hydrogens is 320 g/mol. The molecule has 0 atom stereocenters. The monoisotopic (exact) mass is 340 g/mol. The Bertz CT molecular complexity index is 904. The van der Waals surface area contributed by atoms with E-state index in [9.17, 15) is 9.59 Å². The summed E-state index contributed by atoms with van der Waals surface area (Å²) in [5.41, 5.74) is 5.84. The molecule has 0 spiro atoms. The molecule has 0 aliphatic heterocycles. The van der Waals surface area contributed by atoms with Gasteiger partial charge in [0.05, 0.1) is 0 Å². The second-order valence-corrected chi connectivity index (χ2v) is 6.83. The molecule has 0 amide bonds. The van der Waals surface area contributed by atoms with Crippen LogP contribution in [0.2, 0.25) is 0 Å². The summed E-state index contributed by atoms with van der Waals surface area (Å²) in [7, 11) is 0. The molecule has 0 aromatic heterocycles. The number of rotatable bonds is 0. The van der Waals surface area contributed by atoms with E-state index >= 15 is 0 Å². The molecule has 26 heavy (non-hydrogen) atoms. The van der Waals surface area contributed by atoms with E-state index in [0.29, 0.717) is 11.1 Å². The van der Waals surface area contributed by atoms with Gasteiger partial charge >= 0.3 is 0 Å². The molecular formula is C24H20O2. The lowest BCUT2D eigenvalue weighted by Gasteiger charge is -2.12. The van der Waals surface area contributed by atoms with Gasteiger partial charge in [-0.2, -0.15) is 0 Å². The van der Waals surface area contributed by atoms with Crippen molar-refractivity contribution in [1.82, 2.24) is 0 Å². The third kappa shape index (κ3) is 3.36. The van der Waals surface area contributed by atoms with Crippen LogP contribution in [0.4, 0.5) is 0 Å². The Morgan fingerprint density at radius 3 is 1.42 bits per heavy atom. The summed E-state index contributed by atoms with van der Waals surface area (Å²) in [5.74, 6) is -0.858. The fourth-order valence-electron chi connectivity index (χ4n) is 3.60. The van der Waals surface area contributed by atoms with Gasteiger partial charge in [-0.1, -0.05) is 60.7 Å². The summed E-state index contributed by atoms with van der Waals surface area (Å²) >= 11 is 0. The summed E-state index contributed by atoms with van der Waals surface area (Å²) in [6.07, 6.45) is 3.58. The summed E-state index contributed by atoms with van der Waals surface area (Å²) in [5, 5.41) is 0. The average molecular weight is 340 g/mol. The third-order valence-corrected chi connectivity index (χ3v) is 5.07. The topological polar surface area (TPSA) is 34.1 Å². The van der Waals surface area contributed by atoms with Crippen molar-refractivity contribution in [3.63, 3.8) is 0 Å². The molecule has 0 unspecified atom stereocenters. The first-order valence-electron chi connectivity index (χ1n) is 9.04. The highest BCUT2D eigenvalue weighted by atomic mass is 16.2. The van der Waals surface area contributed by atoms with Gasteiger partial charge in [0.2, 0.25) is 11.6 Å². The number of Topliss-reactive ketones (excluding diaryl/α,β-unsaturated/α-hetero) is 2. The number of hydrogen-bond acceptors (Lipinski definition) is 2. The van der Waals surface area contributed by atoms with Crippen LogP contribution in [0.3, 0.4) is 0 Å². The lowest BCUT2D eigenvalue weighted by atomic mass is 9.92. The Morgan fingerprint density at radius 1 is 0.500 bits per heavy atom. The lowest BCUT2D eigenvalue weighted by molar-refractivity contribution is 0.0817. The first-order valence-corrected chi connectivity index (χ1v) is 9.04. The zero-order valence-corrected chi connectivity index (χ0v) is 14.6. The normalized spacial score (nSPS) is 14.5. The molecule has 0 saturated heterocycles. The van der Waals surface area contributed by atoms with Crippen molar-refractivity contribution in [3.8, 4) is 0 Å². The highest BCUT2D eigenvalue weighted by Gasteiger charge is 2.19. The predicted octanol–water partition coefficient (Wildman–Crippen LogP) is 4.64. The summed E-state index contributed by atoms with van der Waals surface area (Å²) < 4.78 is 0. The maximum Gasteiger partial charge on any atom is 0.233 e. The number of hydrogen-bond donors (Lipinski definition) is 0. The van der Waals surface area contributed by atoms with Crippen LogP contribution in [0, 0.1) is 0 Å². The van der Waals surface area contributed by atoms with E-state index in [0.717, 1.165) is 36.8 Å². The Balaban J connectivity index is 1.80. The fraction of sp³-hybridized carbons (Fsp3) is 0.167. The zero-order valence-electron chi connectivity index (χ0n) is 14.6. The Labute approximate surface area is 153 Å². The minimum atomic E-state index is -0.429. The molecule has 0 heterocycles. The molecule has 0 radical (unpaired) electrons.